The molecule has 2 aliphatic rings. The molecule has 2 N–H and O–H groups in total. The molecule has 2 aromatic carbocycles. The molecule has 0 spiro atoms. The number of phenols is 1. The number of aryl methyl sites for hydroxylation is 2. The average Bonchev–Trinajstić information content (AvgIpc) is 3.34. The Kier molecular flexibility index (Phi) is 6.62. The number of ketones is 1. The van der Waals surface area contributed by atoms with Gasteiger partial charge in [0, 0.05) is 31.5 Å². The van der Waals surface area contributed by atoms with Crippen LogP contribution in [0.25, 0.3) is 0 Å². The fraction of sp³-hybridized carbons (Fsp3) is 0.417. The van der Waals surface area contributed by atoms with Gasteiger partial charge in [-0.1, -0.05) is 12.1 Å². The quantitative estimate of drug-likeness (QED) is 0.489. The summed E-state index contributed by atoms with van der Waals surface area (Å²) in [6.07, 6.45) is 5.94. The number of amides is 1. The third-order valence-electron chi connectivity index (χ3n) is 6.19. The molecule has 1 amide bonds. The zero-order valence-corrected chi connectivity index (χ0v) is 18.8. The van der Waals surface area contributed by atoms with E-state index in [-0.39, 0.29) is 35.0 Å². The number of carbonyl (C=O) groups excluding carboxylic acids is 2. The van der Waals surface area contributed by atoms with Crippen LogP contribution in [0.2, 0.25) is 0 Å². The summed E-state index contributed by atoms with van der Waals surface area (Å²) in [5.74, 6) is -0.787. The van der Waals surface area contributed by atoms with Crippen molar-refractivity contribution in [2.75, 3.05) is 18.4 Å². The number of hydrogen-bond acceptors (Lipinski definition) is 5. The second-order valence-corrected chi connectivity index (χ2v) is 10.4. The van der Waals surface area contributed by atoms with Crippen LogP contribution < -0.4 is 5.32 Å². The first-order valence-electron chi connectivity index (χ1n) is 11.1. The van der Waals surface area contributed by atoms with Crippen molar-refractivity contribution in [1.82, 2.24) is 4.31 Å². The lowest BCUT2D eigenvalue weighted by Gasteiger charge is -2.17. The summed E-state index contributed by atoms with van der Waals surface area (Å²) in [6, 6.07) is 9.63. The van der Waals surface area contributed by atoms with Crippen LogP contribution in [-0.4, -0.2) is 42.6 Å². The molecule has 8 heteroatoms. The normalized spacial score (nSPS) is 16.5. The molecule has 7 nitrogen and oxygen atoms in total. The van der Waals surface area contributed by atoms with Gasteiger partial charge in [-0.25, -0.2) is 8.42 Å². The van der Waals surface area contributed by atoms with Crippen LogP contribution >= 0.6 is 0 Å². The topological polar surface area (TPSA) is 104 Å². The predicted octanol–water partition coefficient (Wildman–Crippen LogP) is 3.66. The third-order valence-corrected chi connectivity index (χ3v) is 8.09. The maximum absolute atomic E-state index is 12.7. The number of sulfonamides is 1. The molecule has 1 aliphatic carbocycles. The lowest BCUT2D eigenvalue weighted by atomic mass is 9.89. The number of anilines is 1. The SMILES string of the molecule is O=C(CCC(=O)c1ccc2c(c1)CCCC2)Nc1cc(S(=O)(=O)N2CCCC2)ccc1O. The molecule has 0 aromatic heterocycles. The highest BCUT2D eigenvalue weighted by molar-refractivity contribution is 7.89. The van der Waals surface area contributed by atoms with Crippen molar-refractivity contribution < 1.29 is 23.1 Å². The summed E-state index contributed by atoms with van der Waals surface area (Å²) in [7, 11) is -3.67. The number of nitrogens with zero attached hydrogens (tertiary/aromatic N) is 1. The highest BCUT2D eigenvalue weighted by Gasteiger charge is 2.28. The van der Waals surface area contributed by atoms with Crippen molar-refractivity contribution in [3.63, 3.8) is 0 Å². The first kappa shape index (κ1) is 22.5. The van der Waals surface area contributed by atoms with Crippen molar-refractivity contribution in [3.8, 4) is 5.75 Å². The summed E-state index contributed by atoms with van der Waals surface area (Å²) in [4.78, 5) is 25.0. The van der Waals surface area contributed by atoms with Gasteiger partial charge in [0.25, 0.3) is 0 Å². The summed E-state index contributed by atoms with van der Waals surface area (Å²) in [5, 5.41) is 12.6. The Bertz CT molecular complexity index is 1140. The van der Waals surface area contributed by atoms with Crippen LogP contribution in [0.1, 0.15) is 60.0 Å². The monoisotopic (exact) mass is 456 g/mol. The molecule has 0 radical (unpaired) electrons. The molecule has 1 heterocycles. The van der Waals surface area contributed by atoms with Gasteiger partial charge < -0.3 is 10.4 Å². The number of rotatable bonds is 7. The number of carbonyl (C=O) groups is 2. The lowest BCUT2D eigenvalue weighted by molar-refractivity contribution is -0.116. The van der Waals surface area contributed by atoms with Crippen molar-refractivity contribution in [1.29, 1.82) is 0 Å². The van der Waals surface area contributed by atoms with Gasteiger partial charge in [0.2, 0.25) is 15.9 Å². The lowest BCUT2D eigenvalue weighted by Crippen LogP contribution is -2.28. The largest absolute Gasteiger partial charge is 0.506 e. The summed E-state index contributed by atoms with van der Waals surface area (Å²) in [6.45, 7) is 0.936. The van der Waals surface area contributed by atoms with E-state index in [1.54, 1.807) is 0 Å². The highest BCUT2D eigenvalue weighted by Crippen LogP contribution is 2.29. The minimum Gasteiger partial charge on any atom is -0.506 e. The van der Waals surface area contributed by atoms with Crippen molar-refractivity contribution in [2.45, 2.75) is 56.3 Å². The second-order valence-electron chi connectivity index (χ2n) is 8.45. The Hall–Kier alpha value is -2.71. The van der Waals surface area contributed by atoms with Gasteiger partial charge in [0.15, 0.2) is 5.78 Å². The van der Waals surface area contributed by atoms with Crippen LogP contribution in [0.5, 0.6) is 5.75 Å². The molecule has 32 heavy (non-hydrogen) atoms. The first-order valence-corrected chi connectivity index (χ1v) is 12.6. The molecular formula is C24H28N2O5S. The first-order chi connectivity index (χ1) is 15.3. The Labute approximate surface area is 188 Å². The van der Waals surface area contributed by atoms with Gasteiger partial charge in [0.05, 0.1) is 10.6 Å². The van der Waals surface area contributed by atoms with Crippen LogP contribution in [0.15, 0.2) is 41.3 Å². The maximum atomic E-state index is 12.7. The van der Waals surface area contributed by atoms with Crippen LogP contribution in [-0.2, 0) is 27.7 Å². The van der Waals surface area contributed by atoms with E-state index in [1.807, 2.05) is 18.2 Å². The van der Waals surface area contributed by atoms with Gasteiger partial charge >= 0.3 is 0 Å². The highest BCUT2D eigenvalue weighted by atomic mass is 32.2. The molecule has 0 unspecified atom stereocenters. The molecule has 1 fully saturated rings. The Balaban J connectivity index is 1.39. The number of nitrogens with one attached hydrogen (secondary N) is 1. The van der Waals surface area contributed by atoms with E-state index in [9.17, 15) is 23.1 Å². The minimum absolute atomic E-state index is 0.0245. The summed E-state index contributed by atoms with van der Waals surface area (Å²) in [5.41, 5.74) is 3.15. The van der Waals surface area contributed by atoms with E-state index >= 15 is 0 Å². The van der Waals surface area contributed by atoms with Crippen molar-refractivity contribution >= 4 is 27.4 Å². The van der Waals surface area contributed by atoms with Crippen LogP contribution in [0.3, 0.4) is 0 Å². The van der Waals surface area contributed by atoms with E-state index in [4.69, 9.17) is 0 Å². The molecule has 1 saturated heterocycles. The van der Waals surface area contributed by atoms with Gasteiger partial charge in [-0.15, -0.1) is 0 Å². The van der Waals surface area contributed by atoms with Crippen LogP contribution in [0.4, 0.5) is 5.69 Å². The molecule has 0 bridgehead atoms. The summed E-state index contributed by atoms with van der Waals surface area (Å²) >= 11 is 0. The number of aromatic hydroxyl groups is 1. The Morgan fingerprint density at radius 3 is 2.38 bits per heavy atom. The van der Waals surface area contributed by atoms with E-state index in [2.05, 4.69) is 5.32 Å². The van der Waals surface area contributed by atoms with Crippen molar-refractivity contribution in [2.24, 2.45) is 0 Å². The molecule has 4 rings (SSSR count). The predicted molar refractivity (Wildman–Crippen MR) is 121 cm³/mol. The van der Waals surface area contributed by atoms with Gasteiger partial charge in [0.1, 0.15) is 5.75 Å². The van der Waals surface area contributed by atoms with E-state index in [0.29, 0.717) is 18.7 Å². The molecule has 0 atom stereocenters. The third kappa shape index (κ3) is 4.86. The van der Waals surface area contributed by atoms with Gasteiger partial charge in [-0.3, -0.25) is 9.59 Å². The summed E-state index contributed by atoms with van der Waals surface area (Å²) < 4.78 is 26.9. The Morgan fingerprint density at radius 2 is 1.62 bits per heavy atom. The fourth-order valence-electron chi connectivity index (χ4n) is 4.34. The fourth-order valence-corrected chi connectivity index (χ4v) is 5.89. The molecule has 0 saturated carbocycles. The second kappa shape index (κ2) is 9.42. The van der Waals surface area contributed by atoms with Crippen LogP contribution in [0, 0.1) is 0 Å². The number of fused-ring (bicyclic) bond motifs is 1. The average molecular weight is 457 g/mol. The number of hydrogen-bond donors (Lipinski definition) is 2. The number of benzene rings is 2. The van der Waals surface area contributed by atoms with E-state index in [1.165, 1.54) is 40.1 Å². The number of Topliss-reactive ketones (excluding diaryl/α,β-unsaturated/α-hetero) is 1. The molecular weight excluding hydrogens is 428 g/mol. The zero-order chi connectivity index (χ0) is 22.7. The number of phenolic OH excluding ortho intramolecular Hbond substituents is 1. The maximum Gasteiger partial charge on any atom is 0.243 e. The zero-order valence-electron chi connectivity index (χ0n) is 18.0. The van der Waals surface area contributed by atoms with E-state index < -0.39 is 15.9 Å². The molecule has 2 aromatic rings. The smallest absolute Gasteiger partial charge is 0.243 e. The standard InChI is InChI=1S/C24H28N2O5S/c27-22(19-8-7-17-5-1-2-6-18(17)15-19)11-12-24(29)25-21-16-20(9-10-23(21)28)32(30,31)26-13-3-4-14-26/h7-10,15-16,28H,1-6,11-14H2,(H,25,29). The van der Waals surface area contributed by atoms with Gasteiger partial charge in [-0.05, 0) is 73.9 Å². The molecule has 1 aliphatic heterocycles. The molecule has 170 valence electrons. The van der Waals surface area contributed by atoms with Gasteiger partial charge in [-0.2, -0.15) is 4.31 Å². The minimum atomic E-state index is -3.67. The van der Waals surface area contributed by atoms with E-state index in [0.717, 1.165) is 32.1 Å². The van der Waals surface area contributed by atoms with Crippen molar-refractivity contribution in [3.05, 3.63) is 53.1 Å². The Morgan fingerprint density at radius 1 is 0.906 bits per heavy atom.